The number of ketones is 2. The van der Waals surface area contributed by atoms with E-state index in [9.17, 15) is 9.59 Å². The van der Waals surface area contributed by atoms with Crippen LogP contribution in [0.5, 0.6) is 5.75 Å². The van der Waals surface area contributed by atoms with Gasteiger partial charge in [-0.3, -0.25) is 9.59 Å². The fourth-order valence-electron chi connectivity index (χ4n) is 3.48. The first-order valence-corrected chi connectivity index (χ1v) is 9.00. The van der Waals surface area contributed by atoms with Crippen LogP contribution in [-0.4, -0.2) is 43.2 Å². The molecule has 1 aromatic heterocycles. The largest absolute Gasteiger partial charge is 0.488 e. The molecule has 138 valence electrons. The maximum absolute atomic E-state index is 12.9. The second kappa shape index (κ2) is 6.51. The summed E-state index contributed by atoms with van der Waals surface area (Å²) in [4.78, 5) is 27.7. The Morgan fingerprint density at radius 3 is 2.44 bits per heavy atom. The van der Waals surface area contributed by atoms with E-state index in [1.54, 1.807) is 36.4 Å². The third-order valence-electron chi connectivity index (χ3n) is 4.54. The summed E-state index contributed by atoms with van der Waals surface area (Å²) in [6.07, 6.45) is -0.0907. The van der Waals surface area contributed by atoms with E-state index in [0.29, 0.717) is 32.9 Å². The van der Waals surface area contributed by atoms with Gasteiger partial charge in [-0.1, -0.05) is 35.9 Å². The van der Waals surface area contributed by atoms with Gasteiger partial charge in [-0.15, -0.1) is 0 Å². The average molecular weight is 384 g/mol. The zero-order chi connectivity index (χ0) is 19.3. The van der Waals surface area contributed by atoms with Crippen molar-refractivity contribution >= 4 is 34.1 Å². The van der Waals surface area contributed by atoms with Gasteiger partial charge in [0.2, 0.25) is 5.78 Å². The van der Waals surface area contributed by atoms with Crippen LogP contribution in [0.2, 0.25) is 5.02 Å². The molecule has 0 saturated carbocycles. The van der Waals surface area contributed by atoms with Gasteiger partial charge in [0.05, 0.1) is 10.6 Å². The highest BCUT2D eigenvalue weighted by molar-refractivity contribution is 6.35. The van der Waals surface area contributed by atoms with Crippen LogP contribution in [0.1, 0.15) is 39.0 Å². The molecule has 1 atom stereocenters. The quantitative estimate of drug-likeness (QED) is 0.528. The zero-order valence-corrected chi connectivity index (χ0v) is 16.0. The highest BCUT2D eigenvalue weighted by Gasteiger charge is 2.35. The summed E-state index contributed by atoms with van der Waals surface area (Å²) in [7, 11) is 3.92. The van der Waals surface area contributed by atoms with Gasteiger partial charge in [0.25, 0.3) is 0 Å². The molecule has 0 spiro atoms. The molecule has 1 aliphatic carbocycles. The fourth-order valence-corrected chi connectivity index (χ4v) is 3.69. The smallest absolute Gasteiger partial charge is 0.229 e. The van der Waals surface area contributed by atoms with Crippen molar-refractivity contribution in [3.05, 3.63) is 63.9 Å². The lowest BCUT2D eigenvalue weighted by molar-refractivity contribution is 0.0962. The molecule has 2 aromatic carbocycles. The molecule has 4 rings (SSSR count). The molecule has 0 radical (unpaired) electrons. The van der Waals surface area contributed by atoms with E-state index in [-0.39, 0.29) is 29.0 Å². The van der Waals surface area contributed by atoms with Crippen LogP contribution < -0.4 is 4.74 Å². The van der Waals surface area contributed by atoms with E-state index < -0.39 is 0 Å². The second-order valence-corrected chi connectivity index (χ2v) is 7.39. The van der Waals surface area contributed by atoms with Gasteiger partial charge in [-0.25, -0.2) is 0 Å². The Morgan fingerprint density at radius 1 is 1.11 bits per heavy atom. The summed E-state index contributed by atoms with van der Waals surface area (Å²) >= 11 is 6.39. The van der Waals surface area contributed by atoms with Crippen LogP contribution in [-0.2, 0) is 0 Å². The molecule has 0 bridgehead atoms. The standard InChI is InChI=1S/C21H18ClNO4/c1-11(10-23(2)3)26-17-9-16-14(8-15(17)22)18-19(24)12-6-4-5-7-13(12)20(25)21(18)27-16/h4-9,11H,10H2,1-3H3. The molecule has 0 fully saturated rings. The third kappa shape index (κ3) is 2.93. The lowest BCUT2D eigenvalue weighted by Gasteiger charge is -2.19. The van der Waals surface area contributed by atoms with E-state index in [0.717, 1.165) is 6.54 Å². The van der Waals surface area contributed by atoms with Gasteiger partial charge in [0.15, 0.2) is 11.5 Å². The molecule has 5 nitrogen and oxygen atoms in total. The molecular formula is C21H18ClNO4. The summed E-state index contributed by atoms with van der Waals surface area (Å²) in [6.45, 7) is 2.66. The van der Waals surface area contributed by atoms with Crippen LogP contribution >= 0.6 is 11.6 Å². The number of carbonyl (C=O) groups is 2. The first kappa shape index (κ1) is 17.8. The van der Waals surface area contributed by atoms with Crippen LogP contribution in [0.3, 0.4) is 0 Å². The molecule has 1 heterocycles. The maximum atomic E-state index is 12.9. The molecule has 0 saturated heterocycles. The summed E-state index contributed by atoms with van der Waals surface area (Å²) in [5.74, 6) is -0.00842. The van der Waals surface area contributed by atoms with Crippen molar-refractivity contribution in [3.63, 3.8) is 0 Å². The Bertz CT molecular complexity index is 1080. The van der Waals surface area contributed by atoms with Crippen molar-refractivity contribution in [2.45, 2.75) is 13.0 Å². The average Bonchev–Trinajstić information content (AvgIpc) is 2.98. The minimum atomic E-state index is -0.295. The number of halogens is 1. The van der Waals surface area contributed by atoms with Gasteiger partial charge in [0, 0.05) is 29.1 Å². The summed E-state index contributed by atoms with van der Waals surface area (Å²) in [5.41, 5.74) is 1.42. The predicted molar refractivity (Wildman–Crippen MR) is 103 cm³/mol. The van der Waals surface area contributed by atoms with Crippen molar-refractivity contribution in [2.75, 3.05) is 20.6 Å². The van der Waals surface area contributed by atoms with Gasteiger partial charge in [-0.05, 0) is 27.1 Å². The lowest BCUT2D eigenvalue weighted by atomic mass is 9.87. The van der Waals surface area contributed by atoms with Crippen molar-refractivity contribution in [1.82, 2.24) is 4.90 Å². The normalized spacial score (nSPS) is 14.4. The fraction of sp³-hybridized carbons (Fsp3) is 0.238. The number of rotatable bonds is 4. The van der Waals surface area contributed by atoms with Crippen LogP contribution in [0.25, 0.3) is 11.0 Å². The van der Waals surface area contributed by atoms with Gasteiger partial charge in [0.1, 0.15) is 17.4 Å². The van der Waals surface area contributed by atoms with Crippen molar-refractivity contribution in [3.8, 4) is 5.75 Å². The van der Waals surface area contributed by atoms with E-state index in [2.05, 4.69) is 0 Å². The topological polar surface area (TPSA) is 59.8 Å². The van der Waals surface area contributed by atoms with Gasteiger partial charge < -0.3 is 14.1 Å². The summed E-state index contributed by atoms with van der Waals surface area (Å²) < 4.78 is 11.7. The SMILES string of the molecule is CC(CN(C)C)Oc1cc2oc3c(c2cc1Cl)C(=O)c1ccccc1C3=O. The minimum Gasteiger partial charge on any atom is -0.488 e. The van der Waals surface area contributed by atoms with Crippen LogP contribution in [0.15, 0.2) is 40.8 Å². The van der Waals surface area contributed by atoms with Gasteiger partial charge >= 0.3 is 0 Å². The number of benzene rings is 2. The Labute approximate surface area is 161 Å². The van der Waals surface area contributed by atoms with E-state index in [4.69, 9.17) is 20.8 Å². The zero-order valence-electron chi connectivity index (χ0n) is 15.2. The summed E-state index contributed by atoms with van der Waals surface area (Å²) in [6, 6.07) is 10.0. The number of carbonyl (C=O) groups excluding carboxylic acids is 2. The number of nitrogens with zero attached hydrogens (tertiary/aromatic N) is 1. The Hall–Kier alpha value is -2.63. The third-order valence-corrected chi connectivity index (χ3v) is 4.84. The Balaban J connectivity index is 1.81. The van der Waals surface area contributed by atoms with Crippen LogP contribution in [0.4, 0.5) is 0 Å². The molecule has 1 unspecified atom stereocenters. The summed E-state index contributed by atoms with van der Waals surface area (Å²) in [5, 5.41) is 0.895. The van der Waals surface area contributed by atoms with Gasteiger partial charge in [-0.2, -0.15) is 0 Å². The molecular weight excluding hydrogens is 366 g/mol. The number of ether oxygens (including phenoxy) is 1. The molecule has 27 heavy (non-hydrogen) atoms. The highest BCUT2D eigenvalue weighted by Crippen LogP contribution is 2.39. The molecule has 0 aliphatic heterocycles. The molecule has 3 aromatic rings. The number of hydrogen-bond donors (Lipinski definition) is 0. The van der Waals surface area contributed by atoms with Crippen LogP contribution in [0, 0.1) is 0 Å². The number of likely N-dealkylation sites (N-methyl/N-ethyl adjacent to an activating group) is 1. The monoisotopic (exact) mass is 383 g/mol. The molecule has 1 aliphatic rings. The van der Waals surface area contributed by atoms with Crippen molar-refractivity contribution < 1.29 is 18.7 Å². The Kier molecular flexibility index (Phi) is 4.29. The van der Waals surface area contributed by atoms with Crippen molar-refractivity contribution in [1.29, 1.82) is 0 Å². The predicted octanol–water partition coefficient (Wildman–Crippen LogP) is 4.19. The molecule has 0 N–H and O–H groups in total. The number of furan rings is 1. The first-order chi connectivity index (χ1) is 12.9. The van der Waals surface area contributed by atoms with E-state index >= 15 is 0 Å². The lowest BCUT2D eigenvalue weighted by Crippen LogP contribution is -2.28. The maximum Gasteiger partial charge on any atom is 0.229 e. The van der Waals surface area contributed by atoms with Crippen molar-refractivity contribution in [2.24, 2.45) is 0 Å². The Morgan fingerprint density at radius 2 is 1.78 bits per heavy atom. The number of fused-ring (bicyclic) bond motifs is 4. The molecule has 0 amide bonds. The van der Waals surface area contributed by atoms with E-state index in [1.807, 2.05) is 25.9 Å². The highest BCUT2D eigenvalue weighted by atomic mass is 35.5. The second-order valence-electron chi connectivity index (χ2n) is 6.98. The van der Waals surface area contributed by atoms with E-state index in [1.165, 1.54) is 0 Å². The molecule has 6 heteroatoms. The minimum absolute atomic E-state index is 0.0586. The first-order valence-electron chi connectivity index (χ1n) is 8.62. The number of hydrogen-bond acceptors (Lipinski definition) is 5.